The molecule has 24 heavy (non-hydrogen) atoms. The van der Waals surface area contributed by atoms with Gasteiger partial charge in [0.1, 0.15) is 22.1 Å². The molecule has 0 aromatic carbocycles. The van der Waals surface area contributed by atoms with Crippen LogP contribution >= 0.6 is 11.3 Å². The minimum Gasteiger partial charge on any atom is -0.451 e. The summed E-state index contributed by atoms with van der Waals surface area (Å²) in [6, 6.07) is 0. The number of halogens is 3. The van der Waals surface area contributed by atoms with Crippen LogP contribution in [0.25, 0.3) is 10.2 Å². The lowest BCUT2D eigenvalue weighted by molar-refractivity contribution is -0.140. The largest absolute Gasteiger partial charge is 0.451 e. The Bertz CT molecular complexity index is 856. The van der Waals surface area contributed by atoms with Crippen LogP contribution in [0, 0.1) is 13.8 Å². The zero-order chi connectivity index (χ0) is 18.1. The van der Waals surface area contributed by atoms with Crippen molar-refractivity contribution in [1.29, 1.82) is 0 Å². The second-order valence-corrected chi connectivity index (χ2v) is 5.85. The highest BCUT2D eigenvalue weighted by Gasteiger charge is 2.28. The quantitative estimate of drug-likeness (QED) is 0.801. The highest BCUT2D eigenvalue weighted by molar-refractivity contribution is 7.20. The number of alkyl halides is 3. The van der Waals surface area contributed by atoms with Crippen molar-refractivity contribution < 1.29 is 27.5 Å². The molecule has 130 valence electrons. The predicted octanol–water partition coefficient (Wildman–Crippen LogP) is 1.44. The van der Waals surface area contributed by atoms with E-state index in [4.69, 9.17) is 0 Å². The summed E-state index contributed by atoms with van der Waals surface area (Å²) < 4.78 is 40.6. The third kappa shape index (κ3) is 4.10. The average molecular weight is 363 g/mol. The topological polar surface area (TPSA) is 101 Å². The van der Waals surface area contributed by atoms with Crippen LogP contribution in [-0.4, -0.2) is 41.2 Å². The molecule has 2 aromatic rings. The summed E-state index contributed by atoms with van der Waals surface area (Å²) in [5.41, 5.74) is -0.0716. The number of nitrogens with zero attached hydrogens (tertiary/aromatic N) is 1. The van der Waals surface area contributed by atoms with E-state index in [2.05, 4.69) is 14.7 Å². The first kappa shape index (κ1) is 17.9. The van der Waals surface area contributed by atoms with Gasteiger partial charge in [-0.15, -0.1) is 11.3 Å². The number of carbonyl (C=O) groups is 2. The van der Waals surface area contributed by atoms with Gasteiger partial charge in [0.05, 0.1) is 5.39 Å². The zero-order valence-corrected chi connectivity index (χ0v) is 13.4. The van der Waals surface area contributed by atoms with E-state index >= 15 is 0 Å². The number of hydrogen-bond acceptors (Lipinski definition) is 6. The van der Waals surface area contributed by atoms with Crippen LogP contribution in [0.1, 0.15) is 21.1 Å². The molecule has 11 heteroatoms. The molecule has 7 nitrogen and oxygen atoms in total. The number of fused-ring (bicyclic) bond motifs is 1. The number of rotatable bonds is 4. The van der Waals surface area contributed by atoms with Gasteiger partial charge in [-0.3, -0.25) is 9.59 Å². The Morgan fingerprint density at radius 2 is 2.00 bits per heavy atom. The Labute approximate surface area is 136 Å². The van der Waals surface area contributed by atoms with E-state index < -0.39 is 36.8 Å². The summed E-state index contributed by atoms with van der Waals surface area (Å²) >= 11 is 0.912. The van der Waals surface area contributed by atoms with E-state index in [9.17, 15) is 27.6 Å². The molecule has 0 radical (unpaired) electrons. The first-order chi connectivity index (χ1) is 11.1. The maximum atomic E-state index is 12.0. The van der Waals surface area contributed by atoms with Crippen LogP contribution < -0.4 is 10.9 Å². The fraction of sp³-hybridized carbons (Fsp3) is 0.385. The normalized spacial score (nSPS) is 11.5. The van der Waals surface area contributed by atoms with Gasteiger partial charge < -0.3 is 15.0 Å². The first-order valence-electron chi connectivity index (χ1n) is 6.59. The Kier molecular flexibility index (Phi) is 4.92. The molecule has 0 saturated carbocycles. The fourth-order valence-electron chi connectivity index (χ4n) is 1.89. The summed E-state index contributed by atoms with van der Waals surface area (Å²) in [5.74, 6) is -1.61. The minimum atomic E-state index is -4.55. The number of amides is 1. The molecule has 2 heterocycles. The van der Waals surface area contributed by atoms with Crippen LogP contribution in [0.15, 0.2) is 4.79 Å². The molecular weight excluding hydrogens is 351 g/mol. The maximum absolute atomic E-state index is 12.0. The number of nitrogens with one attached hydrogen (secondary N) is 2. The number of esters is 1. The number of aromatic nitrogens is 2. The molecule has 0 atom stereocenters. The molecule has 0 spiro atoms. The van der Waals surface area contributed by atoms with Crippen molar-refractivity contribution in [2.75, 3.05) is 13.2 Å². The van der Waals surface area contributed by atoms with Crippen molar-refractivity contribution >= 4 is 33.4 Å². The van der Waals surface area contributed by atoms with Gasteiger partial charge in [-0.25, -0.2) is 9.78 Å². The van der Waals surface area contributed by atoms with Gasteiger partial charge in [-0.2, -0.15) is 13.2 Å². The van der Waals surface area contributed by atoms with E-state index in [0.717, 1.165) is 11.3 Å². The number of carbonyl (C=O) groups excluding carboxylic acids is 2. The molecule has 0 bridgehead atoms. The lowest BCUT2D eigenvalue weighted by Gasteiger charge is -2.08. The number of aromatic amines is 1. The van der Waals surface area contributed by atoms with Gasteiger partial charge in [-0.05, 0) is 19.4 Å². The van der Waals surface area contributed by atoms with Crippen molar-refractivity contribution in [2.45, 2.75) is 20.0 Å². The van der Waals surface area contributed by atoms with E-state index in [1.54, 1.807) is 12.2 Å². The van der Waals surface area contributed by atoms with Crippen molar-refractivity contribution in [3.63, 3.8) is 0 Å². The van der Waals surface area contributed by atoms with Crippen molar-refractivity contribution in [3.05, 3.63) is 26.6 Å². The first-order valence-corrected chi connectivity index (χ1v) is 7.40. The molecule has 0 aliphatic rings. The Hall–Kier alpha value is -2.43. The number of ether oxygens (including phenoxy) is 1. The Morgan fingerprint density at radius 3 is 2.62 bits per heavy atom. The van der Waals surface area contributed by atoms with Crippen LogP contribution in [-0.2, 0) is 9.53 Å². The molecule has 0 saturated heterocycles. The van der Waals surface area contributed by atoms with E-state index in [1.807, 2.05) is 0 Å². The number of aryl methyl sites for hydroxylation is 2. The fourth-order valence-corrected chi connectivity index (χ4v) is 3.01. The highest BCUT2D eigenvalue weighted by atomic mass is 32.1. The number of H-pyrrole nitrogens is 1. The standard InChI is InChI=1S/C13H12F3N3O4S/c1-5-8-10(21)18-6(2)19-11(8)24-9(5)12(22)23-3-7(20)17-4-13(14,15)16/h3-4H2,1-2H3,(H,17,20)(H,18,19,21). The van der Waals surface area contributed by atoms with Crippen molar-refractivity contribution in [2.24, 2.45) is 0 Å². The molecule has 2 aromatic heterocycles. The molecule has 0 unspecified atom stereocenters. The lowest BCUT2D eigenvalue weighted by atomic mass is 10.2. The van der Waals surface area contributed by atoms with E-state index in [1.165, 1.54) is 6.92 Å². The summed E-state index contributed by atoms with van der Waals surface area (Å²) in [6.07, 6.45) is -4.55. The molecule has 2 N–H and O–H groups in total. The Morgan fingerprint density at radius 1 is 1.33 bits per heavy atom. The molecule has 2 rings (SSSR count). The van der Waals surface area contributed by atoms with Crippen LogP contribution in [0.2, 0.25) is 0 Å². The van der Waals surface area contributed by atoms with Gasteiger partial charge in [0.2, 0.25) is 0 Å². The number of thiophene rings is 1. The van der Waals surface area contributed by atoms with Gasteiger partial charge >= 0.3 is 12.1 Å². The SMILES string of the molecule is Cc1nc2sc(C(=O)OCC(=O)NCC(F)(F)F)c(C)c2c(=O)[nH]1. The van der Waals surface area contributed by atoms with E-state index in [0.29, 0.717) is 16.2 Å². The average Bonchev–Trinajstić information content (AvgIpc) is 2.78. The third-order valence-electron chi connectivity index (χ3n) is 2.92. The molecular formula is C13H12F3N3O4S. The van der Waals surface area contributed by atoms with Crippen LogP contribution in [0.5, 0.6) is 0 Å². The van der Waals surface area contributed by atoms with Gasteiger partial charge in [0.25, 0.3) is 11.5 Å². The zero-order valence-electron chi connectivity index (χ0n) is 12.5. The summed E-state index contributed by atoms with van der Waals surface area (Å²) in [5, 5.41) is 1.82. The van der Waals surface area contributed by atoms with Gasteiger partial charge in [-0.1, -0.05) is 0 Å². The van der Waals surface area contributed by atoms with Crippen molar-refractivity contribution in [1.82, 2.24) is 15.3 Å². The predicted molar refractivity (Wildman–Crippen MR) is 79.1 cm³/mol. The molecule has 0 fully saturated rings. The molecule has 1 amide bonds. The maximum Gasteiger partial charge on any atom is 0.405 e. The molecule has 0 aliphatic carbocycles. The third-order valence-corrected chi connectivity index (χ3v) is 4.09. The Balaban J connectivity index is 2.09. The van der Waals surface area contributed by atoms with Crippen LogP contribution in [0.3, 0.4) is 0 Å². The summed E-state index contributed by atoms with van der Waals surface area (Å²) in [7, 11) is 0. The van der Waals surface area contributed by atoms with E-state index in [-0.39, 0.29) is 10.3 Å². The monoisotopic (exact) mass is 363 g/mol. The van der Waals surface area contributed by atoms with Gasteiger partial charge in [0, 0.05) is 0 Å². The smallest absolute Gasteiger partial charge is 0.405 e. The van der Waals surface area contributed by atoms with Gasteiger partial charge in [0.15, 0.2) is 6.61 Å². The number of hydrogen-bond donors (Lipinski definition) is 2. The minimum absolute atomic E-state index is 0.0669. The summed E-state index contributed by atoms with van der Waals surface area (Å²) in [4.78, 5) is 42.1. The second kappa shape index (κ2) is 6.59. The second-order valence-electron chi connectivity index (χ2n) is 4.86. The lowest BCUT2D eigenvalue weighted by Crippen LogP contribution is -2.36. The molecule has 0 aliphatic heterocycles. The van der Waals surface area contributed by atoms with Crippen molar-refractivity contribution in [3.8, 4) is 0 Å². The highest BCUT2D eigenvalue weighted by Crippen LogP contribution is 2.27. The summed E-state index contributed by atoms with van der Waals surface area (Å²) in [6.45, 7) is 0.736. The van der Waals surface area contributed by atoms with Crippen LogP contribution in [0.4, 0.5) is 13.2 Å².